The average Bonchev–Trinajstić information content (AvgIpc) is 3.18. The number of amides is 1. The number of pyridine rings is 1. The number of carbonyl (C=O) groups is 1. The number of rotatable bonds is 3. The number of alkyl halides is 3. The molecule has 5 nitrogen and oxygen atoms in total. The summed E-state index contributed by atoms with van der Waals surface area (Å²) in [6.45, 7) is 1.12. The van der Waals surface area contributed by atoms with Crippen LogP contribution >= 0.6 is 0 Å². The van der Waals surface area contributed by atoms with E-state index in [0.717, 1.165) is 12.3 Å². The molecule has 0 bridgehead atoms. The predicted octanol–water partition coefficient (Wildman–Crippen LogP) is 2.70. The minimum absolute atomic E-state index is 0.0820. The number of halogens is 3. The first-order valence-electron chi connectivity index (χ1n) is 7.05. The molecule has 0 aliphatic carbocycles. The van der Waals surface area contributed by atoms with Crippen LogP contribution in [0.3, 0.4) is 0 Å². The molecule has 8 heteroatoms. The molecule has 1 saturated heterocycles. The molecule has 1 aliphatic heterocycles. The molecule has 1 aliphatic rings. The summed E-state index contributed by atoms with van der Waals surface area (Å²) < 4.78 is 42.4. The van der Waals surface area contributed by atoms with Gasteiger partial charge in [-0.2, -0.15) is 13.2 Å². The first kappa shape index (κ1) is 15.4. The van der Waals surface area contributed by atoms with Gasteiger partial charge >= 0.3 is 6.18 Å². The van der Waals surface area contributed by atoms with Crippen LogP contribution in [0.5, 0.6) is 0 Å². The fourth-order valence-electron chi connectivity index (χ4n) is 2.49. The summed E-state index contributed by atoms with van der Waals surface area (Å²) in [6.07, 6.45) is -0.0852. The molecular weight excluding hydrogens is 311 g/mol. The lowest BCUT2D eigenvalue weighted by Crippen LogP contribution is -2.37. The molecule has 0 radical (unpaired) electrons. The molecule has 0 aromatic carbocycles. The molecule has 23 heavy (non-hydrogen) atoms. The Morgan fingerprint density at radius 3 is 2.78 bits per heavy atom. The molecular formula is C15H14F3N3O2. The van der Waals surface area contributed by atoms with Crippen molar-refractivity contribution < 1.29 is 22.4 Å². The second-order valence-corrected chi connectivity index (χ2v) is 5.32. The van der Waals surface area contributed by atoms with Gasteiger partial charge in [-0.1, -0.05) is 0 Å². The highest BCUT2D eigenvalue weighted by Crippen LogP contribution is 2.29. The highest BCUT2D eigenvalue weighted by molar-refractivity contribution is 5.94. The molecule has 1 unspecified atom stereocenters. The van der Waals surface area contributed by atoms with Crippen LogP contribution < -0.4 is 10.2 Å². The normalized spacial score (nSPS) is 18.2. The minimum atomic E-state index is -4.39. The second kappa shape index (κ2) is 5.94. The molecule has 1 amide bonds. The molecule has 3 heterocycles. The van der Waals surface area contributed by atoms with E-state index in [9.17, 15) is 18.0 Å². The van der Waals surface area contributed by atoms with Crippen LogP contribution in [0.1, 0.15) is 22.3 Å². The van der Waals surface area contributed by atoms with Gasteiger partial charge in [0.1, 0.15) is 12.1 Å². The summed E-state index contributed by atoms with van der Waals surface area (Å²) in [5, 5.41) is 2.87. The number of anilines is 1. The zero-order valence-electron chi connectivity index (χ0n) is 12.0. The quantitative estimate of drug-likeness (QED) is 0.943. The third-order valence-electron chi connectivity index (χ3n) is 3.71. The highest BCUT2D eigenvalue weighted by Gasteiger charge is 2.31. The van der Waals surface area contributed by atoms with Gasteiger partial charge in [-0.15, -0.1) is 0 Å². The van der Waals surface area contributed by atoms with Gasteiger partial charge in [0.15, 0.2) is 0 Å². The fourth-order valence-corrected chi connectivity index (χ4v) is 2.49. The molecule has 0 saturated carbocycles. The van der Waals surface area contributed by atoms with E-state index in [0.29, 0.717) is 30.9 Å². The molecule has 0 spiro atoms. The predicted molar refractivity (Wildman–Crippen MR) is 76.0 cm³/mol. The first-order chi connectivity index (χ1) is 10.9. The van der Waals surface area contributed by atoms with Crippen LogP contribution in [0.2, 0.25) is 0 Å². The van der Waals surface area contributed by atoms with Gasteiger partial charge in [0.05, 0.1) is 17.4 Å². The Morgan fingerprint density at radius 2 is 2.17 bits per heavy atom. The summed E-state index contributed by atoms with van der Waals surface area (Å²) in [7, 11) is 0. The van der Waals surface area contributed by atoms with E-state index in [4.69, 9.17) is 4.42 Å². The van der Waals surface area contributed by atoms with Crippen molar-refractivity contribution in [1.82, 2.24) is 10.3 Å². The van der Waals surface area contributed by atoms with Gasteiger partial charge in [0.2, 0.25) is 0 Å². The third-order valence-corrected chi connectivity index (χ3v) is 3.71. The lowest BCUT2D eigenvalue weighted by Gasteiger charge is -2.18. The van der Waals surface area contributed by atoms with Gasteiger partial charge in [-0.05, 0) is 24.6 Å². The van der Waals surface area contributed by atoms with Crippen molar-refractivity contribution in [3.63, 3.8) is 0 Å². The van der Waals surface area contributed by atoms with Crippen LogP contribution in [-0.2, 0) is 6.18 Å². The van der Waals surface area contributed by atoms with Crippen molar-refractivity contribution in [2.75, 3.05) is 18.0 Å². The molecule has 2 aromatic rings. The van der Waals surface area contributed by atoms with Crippen LogP contribution in [-0.4, -0.2) is 30.0 Å². The van der Waals surface area contributed by atoms with Crippen LogP contribution in [0.15, 0.2) is 41.3 Å². The fraction of sp³-hybridized carbons (Fsp3) is 0.333. The Labute approximate surface area is 130 Å². The Hall–Kier alpha value is -2.51. The molecule has 3 rings (SSSR count). The number of nitrogens with zero attached hydrogens (tertiary/aromatic N) is 2. The summed E-state index contributed by atoms with van der Waals surface area (Å²) in [6, 6.07) is 3.85. The van der Waals surface area contributed by atoms with Gasteiger partial charge in [-0.3, -0.25) is 4.79 Å². The molecule has 1 fully saturated rings. The van der Waals surface area contributed by atoms with Gasteiger partial charge in [-0.25, -0.2) is 4.98 Å². The first-order valence-corrected chi connectivity index (χ1v) is 7.05. The second-order valence-electron chi connectivity index (χ2n) is 5.32. The SMILES string of the molecule is O=C(NC1CCN(c2ccc(C(F)(F)F)cn2)C1)c1ccoc1. The lowest BCUT2D eigenvalue weighted by atomic mass is 10.2. The molecule has 2 aromatic heterocycles. The Morgan fingerprint density at radius 1 is 1.35 bits per heavy atom. The van der Waals surface area contributed by atoms with E-state index >= 15 is 0 Å². The van der Waals surface area contributed by atoms with Gasteiger partial charge in [0, 0.05) is 25.3 Å². The molecule has 1 N–H and O–H groups in total. The average molecular weight is 325 g/mol. The number of aromatic nitrogens is 1. The Balaban J connectivity index is 1.60. The smallest absolute Gasteiger partial charge is 0.417 e. The number of carbonyl (C=O) groups excluding carboxylic acids is 1. The minimum Gasteiger partial charge on any atom is -0.472 e. The topological polar surface area (TPSA) is 58.4 Å². The van der Waals surface area contributed by atoms with Crippen molar-refractivity contribution in [2.45, 2.75) is 18.6 Å². The lowest BCUT2D eigenvalue weighted by molar-refractivity contribution is -0.137. The Bertz CT molecular complexity index is 668. The number of hydrogen-bond acceptors (Lipinski definition) is 4. The van der Waals surface area contributed by atoms with Crippen molar-refractivity contribution in [3.8, 4) is 0 Å². The zero-order valence-corrected chi connectivity index (χ0v) is 12.0. The van der Waals surface area contributed by atoms with Gasteiger partial charge < -0.3 is 14.6 Å². The third kappa shape index (κ3) is 3.46. The van der Waals surface area contributed by atoms with E-state index in [1.54, 1.807) is 6.07 Å². The van der Waals surface area contributed by atoms with Gasteiger partial charge in [0.25, 0.3) is 5.91 Å². The standard InChI is InChI=1S/C15H14F3N3O2/c16-15(17,18)11-1-2-13(19-7-11)21-5-3-12(8-21)20-14(22)10-4-6-23-9-10/h1-2,4,6-7,9,12H,3,5,8H2,(H,20,22). The summed E-state index contributed by atoms with van der Waals surface area (Å²) >= 11 is 0. The molecule has 1 atom stereocenters. The van der Waals surface area contributed by atoms with E-state index < -0.39 is 11.7 Å². The maximum atomic E-state index is 12.5. The van der Waals surface area contributed by atoms with E-state index in [-0.39, 0.29) is 11.9 Å². The monoisotopic (exact) mass is 325 g/mol. The maximum absolute atomic E-state index is 12.5. The summed E-state index contributed by atoms with van der Waals surface area (Å²) in [5.41, 5.74) is -0.332. The summed E-state index contributed by atoms with van der Waals surface area (Å²) in [4.78, 5) is 17.6. The largest absolute Gasteiger partial charge is 0.472 e. The van der Waals surface area contributed by atoms with Crippen LogP contribution in [0, 0.1) is 0 Å². The van der Waals surface area contributed by atoms with E-state index in [2.05, 4.69) is 10.3 Å². The van der Waals surface area contributed by atoms with E-state index in [1.807, 2.05) is 4.90 Å². The Kier molecular flexibility index (Phi) is 3.97. The van der Waals surface area contributed by atoms with E-state index in [1.165, 1.54) is 18.6 Å². The van der Waals surface area contributed by atoms with Crippen molar-refractivity contribution in [3.05, 3.63) is 48.0 Å². The maximum Gasteiger partial charge on any atom is 0.417 e. The summed E-state index contributed by atoms with van der Waals surface area (Å²) in [5.74, 6) is 0.240. The number of nitrogens with one attached hydrogen (secondary N) is 1. The van der Waals surface area contributed by atoms with Crippen molar-refractivity contribution in [2.24, 2.45) is 0 Å². The zero-order chi connectivity index (χ0) is 16.4. The molecule has 122 valence electrons. The van der Waals surface area contributed by atoms with Crippen LogP contribution in [0.4, 0.5) is 19.0 Å². The number of furan rings is 1. The van der Waals surface area contributed by atoms with Crippen molar-refractivity contribution in [1.29, 1.82) is 0 Å². The van der Waals surface area contributed by atoms with Crippen LogP contribution in [0.25, 0.3) is 0 Å². The highest BCUT2D eigenvalue weighted by atomic mass is 19.4. The van der Waals surface area contributed by atoms with Crippen molar-refractivity contribution >= 4 is 11.7 Å². The number of hydrogen-bond donors (Lipinski definition) is 1.